The van der Waals surface area contributed by atoms with Crippen LogP contribution < -0.4 is 5.30 Å². The van der Waals surface area contributed by atoms with Gasteiger partial charge in [0.05, 0.1) is 4.88 Å². The lowest BCUT2D eigenvalue weighted by Gasteiger charge is -2.38. The largest absolute Gasteiger partial charge is 0.418 e. The van der Waals surface area contributed by atoms with Crippen molar-refractivity contribution >= 4 is 25.2 Å². The summed E-state index contributed by atoms with van der Waals surface area (Å²) in [5.74, 6) is 3.33. The molecule has 0 saturated heterocycles. The topological polar surface area (TPSA) is 0 Å². The maximum atomic E-state index is 3.42. The fourth-order valence-corrected chi connectivity index (χ4v) is 4.80. The third kappa shape index (κ3) is 5.22. The van der Waals surface area contributed by atoms with Gasteiger partial charge in [-0.05, 0) is 33.3 Å². The fraction of sp³-hybridized carbons (Fsp3) is 0.500. The summed E-state index contributed by atoms with van der Waals surface area (Å²) >= 11 is 1.71. The number of rotatable bonds is 1. The van der Waals surface area contributed by atoms with Gasteiger partial charge in [-0.15, -0.1) is 11.3 Å². The van der Waals surface area contributed by atoms with Crippen molar-refractivity contribution in [3.63, 3.8) is 0 Å². The number of hydrogen-bond donors (Lipinski definition) is 0. The Morgan fingerprint density at radius 2 is 1.35 bits per heavy atom. The SMILES string of the molecule is CC(C)(C)c1cc(C(C)(C)C)c([P-]C#Cc2cccs2)c(C(C)(C)C)c1. The highest BCUT2D eigenvalue weighted by atomic mass is 32.1. The van der Waals surface area contributed by atoms with Gasteiger partial charge in [0.2, 0.25) is 0 Å². The Kier molecular flexibility index (Phi) is 6.12. The Labute approximate surface area is 166 Å². The predicted octanol–water partition coefficient (Wildman–Crippen LogP) is 7.22. The zero-order valence-corrected chi connectivity index (χ0v) is 19.5. The van der Waals surface area contributed by atoms with Crippen molar-refractivity contribution < 1.29 is 0 Å². The highest BCUT2D eigenvalue weighted by Gasteiger charge is 2.25. The van der Waals surface area contributed by atoms with E-state index in [1.165, 1.54) is 22.0 Å². The first-order valence-electron chi connectivity index (χ1n) is 9.25. The van der Waals surface area contributed by atoms with Crippen LogP contribution in [-0.2, 0) is 16.2 Å². The van der Waals surface area contributed by atoms with Gasteiger partial charge < -0.3 is 8.58 Å². The van der Waals surface area contributed by atoms with Crippen LogP contribution in [0.4, 0.5) is 0 Å². The van der Waals surface area contributed by atoms with Gasteiger partial charge in [-0.25, -0.2) is 0 Å². The Balaban J connectivity index is 2.66. The molecule has 2 heteroatoms. The molecule has 0 N–H and O–H groups in total. The van der Waals surface area contributed by atoms with Crippen molar-refractivity contribution in [2.45, 2.75) is 78.6 Å². The van der Waals surface area contributed by atoms with Gasteiger partial charge >= 0.3 is 0 Å². The van der Waals surface area contributed by atoms with Crippen LogP contribution in [0.3, 0.4) is 0 Å². The van der Waals surface area contributed by atoms with Crippen molar-refractivity contribution in [2.24, 2.45) is 0 Å². The summed E-state index contributed by atoms with van der Waals surface area (Å²) in [6.45, 7) is 20.8. The van der Waals surface area contributed by atoms with E-state index in [0.29, 0.717) is 0 Å². The molecule has 1 aromatic carbocycles. The summed E-state index contributed by atoms with van der Waals surface area (Å²) in [6.07, 6.45) is 0. The van der Waals surface area contributed by atoms with E-state index in [-0.39, 0.29) is 16.2 Å². The molecule has 0 fully saturated rings. The second-order valence-corrected chi connectivity index (χ2v) is 11.8. The zero-order chi connectivity index (χ0) is 19.8. The van der Waals surface area contributed by atoms with E-state index in [1.54, 1.807) is 11.3 Å². The van der Waals surface area contributed by atoms with Gasteiger partial charge in [-0.1, -0.05) is 97.6 Å². The van der Waals surface area contributed by atoms with E-state index in [9.17, 15) is 0 Å². The lowest BCUT2D eigenvalue weighted by atomic mass is 9.75. The van der Waals surface area contributed by atoms with Crippen molar-refractivity contribution in [3.05, 3.63) is 51.2 Å². The molecule has 0 aliphatic heterocycles. The molecule has 0 bridgehead atoms. The molecule has 0 aliphatic rings. The third-order valence-electron chi connectivity index (χ3n) is 4.46. The summed E-state index contributed by atoms with van der Waals surface area (Å²) in [7, 11) is 1.10. The molecule has 2 aromatic rings. The minimum Gasteiger partial charge on any atom is -0.418 e. The standard InChI is InChI=1S/C24H32PS/c1-22(2,3)17-15-19(23(4,5)6)21(20(16-17)24(7,8)9)25-13-12-18-11-10-14-26-18/h10-11,14-16H,1-9H3/q-1. The average molecular weight is 384 g/mol. The molecule has 1 aromatic heterocycles. The molecule has 26 heavy (non-hydrogen) atoms. The molecule has 1 heterocycles. The lowest BCUT2D eigenvalue weighted by Crippen LogP contribution is -2.30. The molecule has 0 aliphatic carbocycles. The number of hydrogen-bond acceptors (Lipinski definition) is 1. The van der Waals surface area contributed by atoms with Gasteiger partial charge in [0.15, 0.2) is 0 Å². The minimum absolute atomic E-state index is 0.0915. The van der Waals surface area contributed by atoms with Crippen LogP contribution in [0.2, 0.25) is 0 Å². The third-order valence-corrected chi connectivity index (χ3v) is 6.17. The first-order chi connectivity index (χ1) is 11.8. The molecule has 0 amide bonds. The van der Waals surface area contributed by atoms with Crippen molar-refractivity contribution in [3.8, 4) is 11.6 Å². The summed E-state index contributed by atoms with van der Waals surface area (Å²) in [4.78, 5) is 1.14. The molecule has 0 unspecified atom stereocenters. The van der Waals surface area contributed by atoms with E-state index in [1.807, 2.05) is 0 Å². The molecule has 0 spiro atoms. The van der Waals surface area contributed by atoms with Gasteiger partial charge in [0.1, 0.15) is 0 Å². The second kappa shape index (κ2) is 7.50. The van der Waals surface area contributed by atoms with Crippen LogP contribution in [0, 0.1) is 11.6 Å². The van der Waals surface area contributed by atoms with Crippen molar-refractivity contribution in [1.82, 2.24) is 0 Å². The van der Waals surface area contributed by atoms with Crippen LogP contribution in [0.1, 0.15) is 83.9 Å². The number of thiophene rings is 1. The van der Waals surface area contributed by atoms with Crippen LogP contribution >= 0.6 is 19.9 Å². The summed E-state index contributed by atoms with van der Waals surface area (Å²) < 4.78 is 0. The number of benzene rings is 1. The molecular weight excluding hydrogens is 351 g/mol. The van der Waals surface area contributed by atoms with Crippen molar-refractivity contribution in [1.29, 1.82) is 0 Å². The minimum atomic E-state index is 0.0915. The van der Waals surface area contributed by atoms with Crippen LogP contribution in [0.5, 0.6) is 0 Å². The molecular formula is C24H32PS-. The smallest absolute Gasteiger partial charge is 0.0741 e. The highest BCUT2D eigenvalue weighted by Crippen LogP contribution is 2.36. The zero-order valence-electron chi connectivity index (χ0n) is 17.7. The van der Waals surface area contributed by atoms with E-state index < -0.39 is 0 Å². The van der Waals surface area contributed by atoms with E-state index in [4.69, 9.17) is 0 Å². The van der Waals surface area contributed by atoms with Crippen molar-refractivity contribution in [2.75, 3.05) is 0 Å². The van der Waals surface area contributed by atoms with E-state index in [0.717, 1.165) is 13.5 Å². The maximum Gasteiger partial charge on any atom is 0.0741 e. The summed E-state index contributed by atoms with van der Waals surface area (Å²) in [5, 5.41) is 3.47. The first-order valence-corrected chi connectivity index (χ1v) is 11.0. The first kappa shape index (κ1) is 21.2. The molecule has 140 valence electrons. The molecule has 0 nitrogen and oxygen atoms in total. The summed E-state index contributed by atoms with van der Waals surface area (Å²) in [6, 6.07) is 8.99. The van der Waals surface area contributed by atoms with Crippen LogP contribution in [0.25, 0.3) is 0 Å². The predicted molar refractivity (Wildman–Crippen MR) is 120 cm³/mol. The molecule has 0 radical (unpaired) electrons. The second-order valence-electron chi connectivity index (χ2n) is 10.00. The molecule has 2 rings (SSSR count). The van der Waals surface area contributed by atoms with Gasteiger partial charge in [-0.3, -0.25) is 5.66 Å². The van der Waals surface area contributed by atoms with Crippen LogP contribution in [-0.4, -0.2) is 0 Å². The van der Waals surface area contributed by atoms with E-state index in [2.05, 4.69) is 104 Å². The van der Waals surface area contributed by atoms with E-state index >= 15 is 0 Å². The highest BCUT2D eigenvalue weighted by molar-refractivity contribution is 7.53. The maximum absolute atomic E-state index is 3.42. The Hall–Kier alpha value is -1.09. The van der Waals surface area contributed by atoms with Crippen LogP contribution in [0.15, 0.2) is 29.6 Å². The lowest BCUT2D eigenvalue weighted by molar-refractivity contribution is 0.554. The Morgan fingerprint density at radius 3 is 1.73 bits per heavy atom. The van der Waals surface area contributed by atoms with Gasteiger partial charge in [0, 0.05) is 0 Å². The van der Waals surface area contributed by atoms with Gasteiger partial charge in [-0.2, -0.15) is 5.30 Å². The fourth-order valence-electron chi connectivity index (χ4n) is 2.82. The molecule has 0 atom stereocenters. The monoisotopic (exact) mass is 383 g/mol. The van der Waals surface area contributed by atoms with Gasteiger partial charge in [0.25, 0.3) is 0 Å². The Bertz CT molecular complexity index is 775. The molecule has 0 saturated carbocycles. The average Bonchev–Trinajstić information content (AvgIpc) is 2.97. The Morgan fingerprint density at radius 1 is 0.808 bits per heavy atom. The quantitative estimate of drug-likeness (QED) is 0.360. The summed E-state index contributed by atoms with van der Waals surface area (Å²) in [5.41, 5.74) is 8.01. The normalized spacial score (nSPS) is 13.1.